The number of nitrogens with one attached hydrogen (secondary N) is 1. The molecule has 0 atom stereocenters. The Morgan fingerprint density at radius 1 is 1.16 bits per heavy atom. The number of carbonyl (C=O) groups excluding carboxylic acids is 2. The maximum atomic E-state index is 13.6. The van der Waals surface area contributed by atoms with Crippen LogP contribution in [0.1, 0.15) is 36.0 Å². The van der Waals surface area contributed by atoms with Crippen LogP contribution in [0, 0.1) is 17.6 Å². The van der Waals surface area contributed by atoms with Gasteiger partial charge in [-0.15, -0.1) is 0 Å². The van der Waals surface area contributed by atoms with E-state index in [0.29, 0.717) is 19.8 Å². The lowest BCUT2D eigenvalue weighted by Gasteiger charge is -2.34. The Morgan fingerprint density at radius 2 is 1.88 bits per heavy atom. The summed E-state index contributed by atoms with van der Waals surface area (Å²) in [6.45, 7) is 1.81. The van der Waals surface area contributed by atoms with Crippen molar-refractivity contribution in [2.45, 2.75) is 31.7 Å². The van der Waals surface area contributed by atoms with Gasteiger partial charge in [-0.05, 0) is 43.9 Å². The minimum atomic E-state index is -0.769. The van der Waals surface area contributed by atoms with Crippen LogP contribution in [0.25, 0.3) is 0 Å². The van der Waals surface area contributed by atoms with E-state index in [1.165, 1.54) is 0 Å². The van der Waals surface area contributed by atoms with E-state index in [-0.39, 0.29) is 30.0 Å². The second kappa shape index (κ2) is 7.91. The molecule has 1 aliphatic heterocycles. The van der Waals surface area contributed by atoms with Gasteiger partial charge in [0.2, 0.25) is 5.91 Å². The molecule has 0 spiro atoms. The van der Waals surface area contributed by atoms with Crippen molar-refractivity contribution in [2.75, 3.05) is 26.3 Å². The molecule has 2 amide bonds. The zero-order valence-corrected chi connectivity index (χ0v) is 14.0. The smallest absolute Gasteiger partial charge is 0.254 e. The molecule has 2 aliphatic rings. The third-order valence-electron chi connectivity index (χ3n) is 4.65. The van der Waals surface area contributed by atoms with E-state index in [9.17, 15) is 18.4 Å². The van der Waals surface area contributed by atoms with Crippen LogP contribution < -0.4 is 5.32 Å². The summed E-state index contributed by atoms with van der Waals surface area (Å²) in [5.74, 6) is -1.89. The van der Waals surface area contributed by atoms with Gasteiger partial charge in [0.05, 0.1) is 5.56 Å². The lowest BCUT2D eigenvalue weighted by atomic mass is 10.1. The summed E-state index contributed by atoms with van der Waals surface area (Å²) in [6, 6.07) is 2.88. The predicted molar refractivity (Wildman–Crippen MR) is 87.0 cm³/mol. The quantitative estimate of drug-likeness (QED) is 0.853. The van der Waals surface area contributed by atoms with E-state index >= 15 is 0 Å². The number of hydrogen-bond donors (Lipinski definition) is 1. The third-order valence-corrected chi connectivity index (χ3v) is 4.65. The van der Waals surface area contributed by atoms with Crippen molar-refractivity contribution in [2.24, 2.45) is 5.92 Å². The highest BCUT2D eigenvalue weighted by Crippen LogP contribution is 2.32. The first-order chi connectivity index (χ1) is 12.1. The Kier molecular flexibility index (Phi) is 5.63. The molecule has 5 nitrogen and oxygen atoms in total. The Balaban J connectivity index is 1.57. The van der Waals surface area contributed by atoms with Crippen LogP contribution in [0.15, 0.2) is 18.2 Å². The second-order valence-electron chi connectivity index (χ2n) is 6.53. The van der Waals surface area contributed by atoms with Crippen LogP contribution in [0.4, 0.5) is 8.78 Å². The van der Waals surface area contributed by atoms with Gasteiger partial charge >= 0.3 is 0 Å². The predicted octanol–water partition coefficient (Wildman–Crippen LogP) is 2.11. The number of nitrogens with zero attached hydrogens (tertiary/aromatic N) is 1. The minimum absolute atomic E-state index is 0.0965. The molecule has 25 heavy (non-hydrogen) atoms. The Morgan fingerprint density at radius 3 is 2.56 bits per heavy atom. The van der Waals surface area contributed by atoms with Crippen LogP contribution in [-0.2, 0) is 9.53 Å². The van der Waals surface area contributed by atoms with E-state index in [1.54, 1.807) is 0 Å². The van der Waals surface area contributed by atoms with E-state index in [4.69, 9.17) is 4.74 Å². The number of halogens is 2. The number of rotatable bonds is 6. The van der Waals surface area contributed by atoms with Crippen molar-refractivity contribution < 1.29 is 23.1 Å². The molecule has 1 N–H and O–H groups in total. The molecule has 0 unspecified atom stereocenters. The first kappa shape index (κ1) is 17.8. The van der Waals surface area contributed by atoms with E-state index in [0.717, 1.165) is 43.9 Å². The fourth-order valence-electron chi connectivity index (χ4n) is 3.09. The number of carbonyl (C=O) groups is 2. The fraction of sp³-hybridized carbons (Fsp3) is 0.556. The van der Waals surface area contributed by atoms with Crippen LogP contribution in [0.3, 0.4) is 0 Å². The van der Waals surface area contributed by atoms with Crippen molar-refractivity contribution in [3.63, 3.8) is 0 Å². The molecule has 1 saturated heterocycles. The topological polar surface area (TPSA) is 58.6 Å². The van der Waals surface area contributed by atoms with Gasteiger partial charge in [-0.1, -0.05) is 0 Å². The van der Waals surface area contributed by atoms with Gasteiger partial charge in [-0.2, -0.15) is 0 Å². The minimum Gasteiger partial charge on any atom is -0.381 e. The van der Waals surface area contributed by atoms with E-state index in [2.05, 4.69) is 5.32 Å². The summed E-state index contributed by atoms with van der Waals surface area (Å²) in [5, 5.41) is 2.58. The van der Waals surface area contributed by atoms with Crippen molar-refractivity contribution in [3.05, 3.63) is 35.4 Å². The molecule has 1 saturated carbocycles. The fourth-order valence-corrected chi connectivity index (χ4v) is 3.09. The lowest BCUT2D eigenvalue weighted by Crippen LogP contribution is -2.47. The number of benzene rings is 1. The summed E-state index contributed by atoms with van der Waals surface area (Å²) in [4.78, 5) is 26.4. The van der Waals surface area contributed by atoms with Crippen LogP contribution in [-0.4, -0.2) is 49.1 Å². The van der Waals surface area contributed by atoms with Crippen molar-refractivity contribution in [1.29, 1.82) is 0 Å². The molecule has 0 aromatic heterocycles. The summed E-state index contributed by atoms with van der Waals surface area (Å²) >= 11 is 0. The molecule has 1 aromatic rings. The largest absolute Gasteiger partial charge is 0.381 e. The molecule has 1 aliphatic carbocycles. The number of amides is 2. The van der Waals surface area contributed by atoms with Crippen molar-refractivity contribution >= 4 is 11.8 Å². The molecule has 0 radical (unpaired) electrons. The summed E-state index contributed by atoms with van der Waals surface area (Å²) in [7, 11) is 0. The highest BCUT2D eigenvalue weighted by Gasteiger charge is 2.36. The molecule has 2 fully saturated rings. The maximum Gasteiger partial charge on any atom is 0.254 e. The monoisotopic (exact) mass is 352 g/mol. The average Bonchev–Trinajstić information content (AvgIpc) is 3.46. The molecule has 1 heterocycles. The Labute approximate surface area is 145 Å². The Hall–Kier alpha value is -2.02. The molecule has 7 heteroatoms. The van der Waals surface area contributed by atoms with Gasteiger partial charge in [0.1, 0.15) is 11.6 Å². The molecule has 3 rings (SSSR count). The first-order valence-electron chi connectivity index (χ1n) is 8.67. The van der Waals surface area contributed by atoms with Gasteiger partial charge in [0, 0.05) is 38.3 Å². The third kappa shape index (κ3) is 4.54. The maximum absolute atomic E-state index is 13.6. The molecule has 1 aromatic carbocycles. The average molecular weight is 352 g/mol. The molecular weight excluding hydrogens is 330 g/mol. The number of hydrogen-bond acceptors (Lipinski definition) is 3. The summed E-state index contributed by atoms with van der Waals surface area (Å²) in [6.07, 6.45) is 3.40. The van der Waals surface area contributed by atoms with E-state index in [1.807, 2.05) is 4.90 Å². The standard InChI is InChI=1S/C18H22F2N2O3/c19-13-3-4-16(20)15(11-13)17(23)21-7-8-22(18(24)12-1-2-12)14-5-9-25-10-6-14/h3-4,11-12,14H,1-2,5-10H2,(H,21,23). The van der Waals surface area contributed by atoms with E-state index < -0.39 is 17.5 Å². The normalized spacial score (nSPS) is 18.0. The van der Waals surface area contributed by atoms with Gasteiger partial charge in [0.25, 0.3) is 5.91 Å². The van der Waals surface area contributed by atoms with Gasteiger partial charge in [0.15, 0.2) is 0 Å². The van der Waals surface area contributed by atoms with Crippen LogP contribution in [0.2, 0.25) is 0 Å². The van der Waals surface area contributed by atoms with Gasteiger partial charge in [-0.3, -0.25) is 9.59 Å². The van der Waals surface area contributed by atoms with Crippen molar-refractivity contribution in [1.82, 2.24) is 10.2 Å². The second-order valence-corrected chi connectivity index (χ2v) is 6.53. The zero-order valence-electron chi connectivity index (χ0n) is 14.0. The molecular formula is C18H22F2N2O3. The highest BCUT2D eigenvalue weighted by atomic mass is 19.1. The number of ether oxygens (including phenoxy) is 1. The van der Waals surface area contributed by atoms with Crippen LogP contribution in [0.5, 0.6) is 0 Å². The lowest BCUT2D eigenvalue weighted by molar-refractivity contribution is -0.136. The zero-order chi connectivity index (χ0) is 17.8. The Bertz CT molecular complexity index is 643. The highest BCUT2D eigenvalue weighted by molar-refractivity contribution is 5.94. The summed E-state index contributed by atoms with van der Waals surface area (Å²) < 4.78 is 32.2. The van der Waals surface area contributed by atoms with Gasteiger partial charge < -0.3 is 15.0 Å². The summed E-state index contributed by atoms with van der Waals surface area (Å²) in [5.41, 5.74) is -0.328. The molecule has 0 bridgehead atoms. The molecule has 136 valence electrons. The van der Waals surface area contributed by atoms with Crippen molar-refractivity contribution in [3.8, 4) is 0 Å². The van der Waals surface area contributed by atoms with Crippen LogP contribution >= 0.6 is 0 Å². The van der Waals surface area contributed by atoms with Gasteiger partial charge in [-0.25, -0.2) is 8.78 Å². The first-order valence-corrected chi connectivity index (χ1v) is 8.67. The SMILES string of the molecule is O=C(NCCN(C(=O)C1CC1)C1CCOCC1)c1cc(F)ccc1F.